The van der Waals surface area contributed by atoms with Crippen molar-refractivity contribution >= 4 is 43.2 Å². The lowest BCUT2D eigenvalue weighted by molar-refractivity contribution is 0.756. The average molecular weight is 646 g/mol. The fourth-order valence-electron chi connectivity index (χ4n) is 6.72. The van der Waals surface area contributed by atoms with Crippen LogP contribution >= 0.6 is 11.3 Å². The Balaban J connectivity index is 1.25. The lowest BCUT2D eigenvalue weighted by Gasteiger charge is -2.24. The van der Waals surface area contributed by atoms with Gasteiger partial charge in [0.1, 0.15) is 11.7 Å². The molecule has 1 unspecified atom stereocenters. The van der Waals surface area contributed by atoms with E-state index in [9.17, 15) is 0 Å². The number of thiophene rings is 1. The Morgan fingerprint density at radius 1 is 0.408 bits per heavy atom. The second-order valence-electron chi connectivity index (χ2n) is 12.3. The topological polar surface area (TPSA) is 36.8 Å². The van der Waals surface area contributed by atoms with Crippen LogP contribution in [0.1, 0.15) is 22.9 Å². The average Bonchev–Trinajstić information content (AvgIpc) is 3.57. The zero-order valence-corrected chi connectivity index (χ0v) is 27.4. The molecule has 1 N–H and O–H groups in total. The molecular weight excluding hydrogens is 615 g/mol. The Morgan fingerprint density at radius 3 is 1.53 bits per heavy atom. The van der Waals surface area contributed by atoms with E-state index < -0.39 is 6.17 Å². The Hall–Kier alpha value is -6.10. The number of fused-ring (bicyclic) bond motifs is 3. The van der Waals surface area contributed by atoms with Crippen molar-refractivity contribution in [2.45, 2.75) is 6.17 Å². The van der Waals surface area contributed by atoms with E-state index in [1.165, 1.54) is 31.3 Å². The van der Waals surface area contributed by atoms with Gasteiger partial charge in [-0.05, 0) is 75.3 Å². The van der Waals surface area contributed by atoms with E-state index >= 15 is 0 Å². The van der Waals surface area contributed by atoms with Crippen molar-refractivity contribution in [3.63, 3.8) is 0 Å². The highest BCUT2D eigenvalue weighted by Crippen LogP contribution is 2.41. The highest BCUT2D eigenvalue weighted by atomic mass is 32.1. The van der Waals surface area contributed by atoms with E-state index in [0.717, 1.165) is 50.6 Å². The zero-order chi connectivity index (χ0) is 32.6. The van der Waals surface area contributed by atoms with Crippen molar-refractivity contribution < 1.29 is 0 Å². The minimum atomic E-state index is -0.448. The predicted octanol–water partition coefficient (Wildman–Crippen LogP) is 11.6. The van der Waals surface area contributed by atoms with Crippen LogP contribution in [0.2, 0.25) is 0 Å². The number of benzene rings is 7. The Kier molecular flexibility index (Phi) is 7.41. The molecule has 7 aromatic carbocycles. The number of amidine groups is 2. The highest BCUT2D eigenvalue weighted by molar-refractivity contribution is 7.26. The van der Waals surface area contributed by atoms with Crippen molar-refractivity contribution in [2.24, 2.45) is 9.98 Å². The number of rotatable bonds is 6. The number of hydrogen-bond acceptors (Lipinski definition) is 4. The van der Waals surface area contributed by atoms with Crippen LogP contribution < -0.4 is 5.32 Å². The van der Waals surface area contributed by atoms with Gasteiger partial charge in [-0.2, -0.15) is 0 Å². The third kappa shape index (κ3) is 5.62. The largest absolute Gasteiger partial charge is 0.324 e. The Morgan fingerprint density at radius 2 is 0.918 bits per heavy atom. The molecule has 1 aromatic heterocycles. The molecule has 0 aliphatic carbocycles. The van der Waals surface area contributed by atoms with Crippen LogP contribution in [0.4, 0.5) is 0 Å². The van der Waals surface area contributed by atoms with Gasteiger partial charge < -0.3 is 5.32 Å². The minimum absolute atomic E-state index is 0.448. The second kappa shape index (κ2) is 12.5. The van der Waals surface area contributed by atoms with E-state index in [4.69, 9.17) is 9.98 Å². The van der Waals surface area contributed by atoms with E-state index in [1.54, 1.807) is 0 Å². The quantitative estimate of drug-likeness (QED) is 0.192. The van der Waals surface area contributed by atoms with Crippen LogP contribution in [-0.2, 0) is 0 Å². The molecule has 232 valence electrons. The molecule has 3 nitrogen and oxygen atoms in total. The third-order valence-corrected chi connectivity index (χ3v) is 10.2. The molecule has 0 spiro atoms. The van der Waals surface area contributed by atoms with Gasteiger partial charge in [-0.1, -0.05) is 140 Å². The van der Waals surface area contributed by atoms with Crippen LogP contribution in [0.5, 0.6) is 0 Å². The fraction of sp³-hybridized carbons (Fsp3) is 0.0222. The zero-order valence-electron chi connectivity index (χ0n) is 26.6. The summed E-state index contributed by atoms with van der Waals surface area (Å²) < 4.78 is 2.51. The third-order valence-electron chi connectivity index (χ3n) is 9.09. The summed E-state index contributed by atoms with van der Waals surface area (Å²) in [5.41, 5.74) is 10.1. The van der Waals surface area contributed by atoms with Gasteiger partial charge in [-0.25, -0.2) is 9.98 Å². The molecule has 0 fully saturated rings. The monoisotopic (exact) mass is 645 g/mol. The van der Waals surface area contributed by atoms with Crippen molar-refractivity contribution in [1.82, 2.24) is 5.32 Å². The van der Waals surface area contributed by atoms with Crippen LogP contribution in [0.15, 0.2) is 186 Å². The van der Waals surface area contributed by atoms with Gasteiger partial charge >= 0.3 is 0 Å². The van der Waals surface area contributed by atoms with Crippen LogP contribution in [0.25, 0.3) is 53.6 Å². The molecule has 0 amide bonds. The summed E-state index contributed by atoms with van der Waals surface area (Å²) in [5.74, 6) is 1.61. The van der Waals surface area contributed by atoms with Crippen LogP contribution in [0.3, 0.4) is 0 Å². The molecule has 0 bridgehead atoms. The van der Waals surface area contributed by atoms with Gasteiger partial charge in [0.2, 0.25) is 0 Å². The summed E-state index contributed by atoms with van der Waals surface area (Å²) >= 11 is 1.83. The van der Waals surface area contributed by atoms with Gasteiger partial charge in [0, 0.05) is 31.3 Å². The predicted molar refractivity (Wildman–Crippen MR) is 207 cm³/mol. The number of nitrogens with one attached hydrogen (secondary N) is 1. The van der Waals surface area contributed by atoms with Gasteiger partial charge in [-0.3, -0.25) is 0 Å². The first-order chi connectivity index (χ1) is 24.3. The smallest absolute Gasteiger partial charge is 0.169 e. The SMILES string of the molecule is c1ccc(C2=NC(c3cc(-c4ccccc4)cc(-c4ccccc4)c3)N=C(c3cc(-c4ccccc4)c4c(c3)sc3ccccc34)N2)cc1. The van der Waals surface area contributed by atoms with Crippen molar-refractivity contribution in [1.29, 1.82) is 0 Å². The first-order valence-electron chi connectivity index (χ1n) is 16.5. The maximum Gasteiger partial charge on any atom is 0.169 e. The molecule has 8 aromatic rings. The molecule has 49 heavy (non-hydrogen) atoms. The van der Waals surface area contributed by atoms with Gasteiger partial charge in [0.25, 0.3) is 0 Å². The highest BCUT2D eigenvalue weighted by Gasteiger charge is 2.23. The van der Waals surface area contributed by atoms with E-state index in [0.29, 0.717) is 0 Å². The molecule has 4 heteroatoms. The lowest BCUT2D eigenvalue weighted by Crippen LogP contribution is -2.36. The summed E-state index contributed by atoms with van der Waals surface area (Å²) in [5, 5.41) is 6.22. The normalized spacial score (nSPS) is 14.3. The molecule has 0 saturated carbocycles. The van der Waals surface area contributed by atoms with Crippen molar-refractivity contribution in [3.05, 3.63) is 193 Å². The first kappa shape index (κ1) is 29.1. The van der Waals surface area contributed by atoms with Gasteiger partial charge in [0.05, 0.1) is 0 Å². The lowest BCUT2D eigenvalue weighted by atomic mass is 9.94. The second-order valence-corrected chi connectivity index (χ2v) is 13.3. The maximum atomic E-state index is 5.39. The summed E-state index contributed by atoms with van der Waals surface area (Å²) in [6.45, 7) is 0. The molecule has 1 aliphatic rings. The van der Waals surface area contributed by atoms with E-state index in [1.807, 2.05) is 17.4 Å². The molecular formula is C45H31N3S. The summed E-state index contributed by atoms with van der Waals surface area (Å²) in [4.78, 5) is 10.7. The van der Waals surface area contributed by atoms with E-state index in [-0.39, 0.29) is 0 Å². The van der Waals surface area contributed by atoms with E-state index in [2.05, 4.69) is 175 Å². The van der Waals surface area contributed by atoms with Crippen LogP contribution in [-0.4, -0.2) is 11.7 Å². The standard InChI is InChI=1S/C45H31N3S/c1-5-15-30(16-6-1)34-25-35(31-17-7-2-8-18-31)27-36(26-34)44-46-43(33-21-11-4-12-22-33)47-45(48-44)37-28-39(32-19-9-3-10-20-32)42-38-23-13-14-24-40(38)49-41(42)29-37/h1-29,44H,(H,46,47,48). The molecule has 1 aliphatic heterocycles. The summed E-state index contributed by atoms with van der Waals surface area (Å²) in [7, 11) is 0. The molecule has 0 saturated heterocycles. The molecule has 9 rings (SSSR count). The van der Waals surface area contributed by atoms with Crippen molar-refractivity contribution in [2.75, 3.05) is 0 Å². The first-order valence-corrected chi connectivity index (χ1v) is 17.3. The minimum Gasteiger partial charge on any atom is -0.324 e. The Bertz CT molecular complexity index is 2440. The summed E-state index contributed by atoms with van der Waals surface area (Å²) in [6.07, 6.45) is -0.448. The van der Waals surface area contributed by atoms with Crippen LogP contribution in [0, 0.1) is 0 Å². The van der Waals surface area contributed by atoms with Gasteiger partial charge in [0.15, 0.2) is 6.17 Å². The van der Waals surface area contributed by atoms with Gasteiger partial charge in [-0.15, -0.1) is 11.3 Å². The number of hydrogen-bond donors (Lipinski definition) is 1. The van der Waals surface area contributed by atoms with Crippen molar-refractivity contribution in [3.8, 4) is 33.4 Å². The molecule has 2 heterocycles. The summed E-state index contributed by atoms with van der Waals surface area (Å²) in [6, 6.07) is 62.2. The fourth-order valence-corrected chi connectivity index (χ4v) is 7.89. The number of nitrogens with zero attached hydrogens (tertiary/aromatic N) is 2. The number of aliphatic imine (C=N–C) groups is 2. The molecule has 0 radical (unpaired) electrons. The molecule has 1 atom stereocenters. The maximum absolute atomic E-state index is 5.39. The Labute approximate surface area is 289 Å².